The van der Waals surface area contributed by atoms with E-state index in [1.807, 2.05) is 0 Å². The third kappa shape index (κ3) is 21.7. The molecular formula is C85H96O47+2. The smallest absolute Gasteiger partial charge is 0.402 e. The maximum atomic E-state index is 12.9. The van der Waals surface area contributed by atoms with Crippen LogP contribution in [0.25, 0.3) is 56.7 Å². The van der Waals surface area contributed by atoms with E-state index in [2.05, 4.69) is 0 Å². The number of phenolic OH excluding ortho intramolecular Hbond substituents is 8. The summed E-state index contributed by atoms with van der Waals surface area (Å²) >= 11 is 0. The maximum absolute atomic E-state index is 12.9. The number of carbonyl (C=O) groups excluding carboxylic acids is 2. The third-order valence-electron chi connectivity index (χ3n) is 22.0. The molecule has 6 aliphatic heterocycles. The van der Waals surface area contributed by atoms with Crippen molar-refractivity contribution in [1.82, 2.24) is 0 Å². The fourth-order valence-corrected chi connectivity index (χ4v) is 14.6. The van der Waals surface area contributed by atoms with E-state index in [1.165, 1.54) is 86.0 Å². The average molecular weight is 1870 g/mol. The first-order valence-electron chi connectivity index (χ1n) is 40.3. The average Bonchev–Trinajstić information content (AvgIpc) is 0.754. The van der Waals surface area contributed by atoms with Gasteiger partial charge in [0.25, 0.3) is 0 Å². The van der Waals surface area contributed by atoms with Gasteiger partial charge in [-0.1, -0.05) is 18.2 Å². The number of phenols is 8. The lowest BCUT2D eigenvalue weighted by Crippen LogP contribution is -2.65. The summed E-state index contributed by atoms with van der Waals surface area (Å²) in [5, 5.41) is 293. The van der Waals surface area contributed by atoms with Gasteiger partial charge >= 0.3 is 34.6 Å². The fraction of sp³-hybridized carbons (Fsp3) is 0.435. The van der Waals surface area contributed by atoms with E-state index in [4.69, 9.17) is 79.9 Å². The predicted molar refractivity (Wildman–Crippen MR) is 434 cm³/mol. The Morgan fingerprint density at radius 3 is 1.02 bits per heavy atom. The van der Waals surface area contributed by atoms with Gasteiger partial charge in [-0.2, -0.15) is 0 Å². The molecule has 6 aromatic carbocycles. The number of fused-ring (bicyclic) bond motifs is 2. The van der Waals surface area contributed by atoms with E-state index >= 15 is 0 Å². The molecule has 2 aromatic heterocycles. The Kier molecular flexibility index (Phi) is 31.6. The molecule has 0 saturated carbocycles. The van der Waals surface area contributed by atoms with E-state index in [1.54, 1.807) is 0 Å². The van der Waals surface area contributed by atoms with E-state index in [9.17, 15) is 153 Å². The van der Waals surface area contributed by atoms with Crippen LogP contribution < -0.4 is 23.7 Å². The molecule has 8 heterocycles. The van der Waals surface area contributed by atoms with Gasteiger partial charge in [0.15, 0.2) is 59.3 Å². The fourth-order valence-electron chi connectivity index (χ4n) is 14.6. The van der Waals surface area contributed by atoms with Crippen molar-refractivity contribution in [2.24, 2.45) is 0 Å². The number of rotatable bonds is 27. The Morgan fingerprint density at radius 1 is 0.318 bits per heavy atom. The number of aliphatic hydroxyl groups is 20. The van der Waals surface area contributed by atoms with Gasteiger partial charge in [-0.3, -0.25) is 0 Å². The van der Waals surface area contributed by atoms with Crippen molar-refractivity contribution < 1.29 is 232 Å². The van der Waals surface area contributed by atoms with Crippen LogP contribution in [0.5, 0.6) is 74.7 Å². The van der Waals surface area contributed by atoms with Gasteiger partial charge in [0.2, 0.25) is 36.7 Å². The SMILES string of the molecule is COc1cc(/C=C/C(=O)OC[C@H]2O[C@@H](Oc3cc4c(O[C@@H]5O[C@H](CO)[C@@H](O)[C@H](O)[C@H]5O)cc(O)cc4[o+]c3-c3ccc(O)c(O)c3)[C@H](O[C@@H]3O[C@H](CO)[C@@H](O)[C@H](O)[C@H]3O)[C@@H](O)[C@@H]2O)ccc1O.O=C(/C=C/c1ccc(O)cc1)OC[C@H]1O[C@@H](Oc2cc3c(O[C@@H]4O[C@H](CO)[C@@H](O)[C@H](O)[C@H]4O)cc(O)cc3[o+]c2-c2ccc(O)c(O)c2)[C@H](O[C@@H]2O[C@H](CO)[C@@H](O)[C@H](O)[C@H]2O)[C@@H](O)[C@@H]1O. The molecular weight excluding hydrogens is 1770 g/mol. The molecule has 28 N–H and O–H groups in total. The lowest BCUT2D eigenvalue weighted by molar-refractivity contribution is -0.357. The second-order valence-corrected chi connectivity index (χ2v) is 31.0. The number of hydrogen-bond acceptors (Lipinski definition) is 45. The van der Waals surface area contributed by atoms with Crippen LogP contribution in [0.3, 0.4) is 0 Å². The van der Waals surface area contributed by atoms with Crippen LogP contribution in [0, 0.1) is 0 Å². The molecule has 47 heteroatoms. The molecule has 0 unspecified atom stereocenters. The summed E-state index contributed by atoms with van der Waals surface area (Å²) in [6, 6.07) is 23.6. The monoisotopic (exact) mass is 1870 g/mol. The molecule has 8 aromatic rings. The van der Waals surface area contributed by atoms with Crippen molar-refractivity contribution in [2.75, 3.05) is 46.8 Å². The van der Waals surface area contributed by atoms with Gasteiger partial charge in [0, 0.05) is 48.6 Å². The van der Waals surface area contributed by atoms with Crippen LogP contribution in [0.15, 0.2) is 136 Å². The molecule has 0 aliphatic carbocycles. The second-order valence-electron chi connectivity index (χ2n) is 31.0. The van der Waals surface area contributed by atoms with Gasteiger partial charge < -0.3 is 214 Å². The summed E-state index contributed by atoms with van der Waals surface area (Å²) in [6.07, 6.45) is -50.3. The second kappa shape index (κ2) is 42.4. The molecule has 14 rings (SSSR count). The number of aliphatic hydroxyl groups excluding tert-OH is 20. The largest absolute Gasteiger partial charge is 0.508 e. The number of benzene rings is 6. The molecule has 6 saturated heterocycles. The molecule has 6 aliphatic rings. The highest BCUT2D eigenvalue weighted by atomic mass is 16.8. The molecule has 0 bridgehead atoms. The van der Waals surface area contributed by atoms with Crippen LogP contribution in [-0.2, 0) is 57.0 Å². The number of carbonyl (C=O) groups is 2. The van der Waals surface area contributed by atoms with E-state index < -0.39 is 282 Å². The first-order chi connectivity index (χ1) is 62.9. The van der Waals surface area contributed by atoms with Crippen molar-refractivity contribution in [1.29, 1.82) is 0 Å². The van der Waals surface area contributed by atoms with Crippen molar-refractivity contribution in [3.63, 3.8) is 0 Å². The van der Waals surface area contributed by atoms with Gasteiger partial charge in [0.1, 0.15) is 187 Å². The van der Waals surface area contributed by atoms with Gasteiger partial charge in [-0.05, 0) is 71.8 Å². The number of esters is 2. The molecule has 0 amide bonds. The highest BCUT2D eigenvalue weighted by Crippen LogP contribution is 2.48. The van der Waals surface area contributed by atoms with E-state index in [0.717, 1.165) is 60.7 Å². The first-order valence-corrected chi connectivity index (χ1v) is 40.3. The number of ether oxygens (including phenoxy) is 15. The third-order valence-corrected chi connectivity index (χ3v) is 22.0. The predicted octanol–water partition coefficient (Wildman–Crippen LogP) is -4.69. The minimum absolute atomic E-state index is 0.00867. The summed E-state index contributed by atoms with van der Waals surface area (Å²) in [7, 11) is 1.33. The van der Waals surface area contributed by atoms with Crippen molar-refractivity contribution in [2.45, 2.75) is 184 Å². The number of methoxy groups -OCH3 is 1. The highest BCUT2D eigenvalue weighted by molar-refractivity contribution is 5.91. The quantitative estimate of drug-likeness (QED) is 0.00996. The first kappa shape index (κ1) is 98.3. The molecule has 47 nitrogen and oxygen atoms in total. The van der Waals surface area contributed by atoms with Crippen LogP contribution in [0.2, 0.25) is 0 Å². The van der Waals surface area contributed by atoms with Crippen LogP contribution in [0.1, 0.15) is 11.1 Å². The normalized spacial score (nSPS) is 32.6. The van der Waals surface area contributed by atoms with E-state index in [0.29, 0.717) is 11.1 Å². The lowest BCUT2D eigenvalue weighted by atomic mass is 9.97. The molecule has 716 valence electrons. The molecule has 0 radical (unpaired) electrons. The van der Waals surface area contributed by atoms with Gasteiger partial charge in [-0.25, -0.2) is 18.4 Å². The minimum Gasteiger partial charge on any atom is -0.508 e. The van der Waals surface area contributed by atoms with Crippen molar-refractivity contribution in [3.05, 3.63) is 139 Å². The van der Waals surface area contributed by atoms with Crippen LogP contribution in [0.4, 0.5) is 0 Å². The summed E-state index contributed by atoms with van der Waals surface area (Å²) < 4.78 is 98.2. The Hall–Kier alpha value is -11.2. The van der Waals surface area contributed by atoms with Crippen LogP contribution in [-0.4, -0.2) is 386 Å². The number of hydrogen-bond donors (Lipinski definition) is 28. The molecule has 30 atom stereocenters. The van der Waals surface area contributed by atoms with Gasteiger partial charge in [0.05, 0.1) is 56.8 Å². The molecule has 132 heavy (non-hydrogen) atoms. The maximum Gasteiger partial charge on any atom is 0.402 e. The zero-order valence-corrected chi connectivity index (χ0v) is 68.6. The topological polar surface area (TPSA) is 762 Å². The van der Waals surface area contributed by atoms with Gasteiger partial charge in [-0.15, -0.1) is 0 Å². The summed E-state index contributed by atoms with van der Waals surface area (Å²) in [6.45, 7) is -4.83. The number of aromatic hydroxyl groups is 8. The lowest BCUT2D eigenvalue weighted by Gasteiger charge is -2.45. The zero-order chi connectivity index (χ0) is 95.3. The Bertz CT molecular complexity index is 5350. The Morgan fingerprint density at radius 2 is 0.652 bits per heavy atom. The molecule has 0 spiro atoms. The van der Waals surface area contributed by atoms with Crippen molar-refractivity contribution >= 4 is 46.0 Å². The Balaban J connectivity index is 0.000000225. The minimum atomic E-state index is -2.09. The summed E-state index contributed by atoms with van der Waals surface area (Å²) in [5.41, 5.74) is 0.546. The zero-order valence-electron chi connectivity index (χ0n) is 68.6. The van der Waals surface area contributed by atoms with Crippen LogP contribution >= 0.6 is 0 Å². The summed E-state index contributed by atoms with van der Waals surface area (Å²) in [5.74, 6) is -7.31. The van der Waals surface area contributed by atoms with E-state index in [-0.39, 0.29) is 73.3 Å². The molecule has 6 fully saturated rings. The standard InChI is InChI=1S/C43H48O24.C42H46O23/c1-59-25-8-16(2-5-21(25)48)3-7-30(50)60-15-29-33(53)36(56)40(67-42-38(58)35(55)32(52)28(14-45)65-42)43(66-29)63-26-12-19-23(61-39(26)17-4-6-20(47)22(49)9-17)10-18(46)11-24(19)62-41-37(57)34(54)31(51)27(13-44)64-41;43-13-26-30(50)33(53)36(56)40(62-26)60-24-11-19(46)10-23-20(24)12-25(38(59-23)17-4-7-21(47)22(48)9-17)61-42-39(65-41-37(57)34(54)31(51)27(14-44)63-41)35(55)32(52)28(64-42)15-58-29(49)8-3-16-1-5-18(45)6-2-16/h2-12,27-29,31-38,40-45,51-58H,13-15H2,1H3,(H3-,46,47,48,49,50);1-12,26-28,30-37,39-44,50-57H,13-15H2,(H3-,45,46,47,48,49)/p+2/t27-,28-,29-,31-,32-,33-,34+,35+,36+,37-,38-,40-,41-,42+,43-;26-,27-,28-,30-,31-,32-,33+,34+,35+,36-,37-,39-,40-,41+,42-/m11/s1. The highest BCUT2D eigenvalue weighted by Gasteiger charge is 2.56. The Labute approximate surface area is 742 Å². The summed E-state index contributed by atoms with van der Waals surface area (Å²) in [4.78, 5) is 25.7. The van der Waals surface area contributed by atoms with Crippen molar-refractivity contribution in [3.8, 4) is 97.4 Å².